The lowest BCUT2D eigenvalue weighted by Crippen LogP contribution is -2.53. The van der Waals surface area contributed by atoms with Crippen molar-refractivity contribution in [3.63, 3.8) is 0 Å². The van der Waals surface area contributed by atoms with Gasteiger partial charge in [0.15, 0.2) is 5.78 Å². The molecule has 3 rings (SSSR count). The quantitative estimate of drug-likeness (QED) is 0.170. The van der Waals surface area contributed by atoms with Crippen molar-refractivity contribution in [2.24, 2.45) is 5.92 Å². The highest BCUT2D eigenvalue weighted by Gasteiger charge is 2.39. The SMILES string of the molecule is C=C(/C=C\S)C(=O)N[C@@H](CC1CCCCC1)C(=O)NC1CCCN(S(=O)(=O)c2cccc[n+]2OC)CC1=O. The lowest BCUT2D eigenvalue weighted by Gasteiger charge is -2.28. The fraction of sp³-hybridized carbons (Fsp3) is 0.538. The van der Waals surface area contributed by atoms with Gasteiger partial charge in [-0.2, -0.15) is 16.9 Å². The van der Waals surface area contributed by atoms with Gasteiger partial charge >= 0.3 is 15.0 Å². The zero-order chi connectivity index (χ0) is 27.7. The minimum Gasteiger partial charge on any atom is -0.344 e. The van der Waals surface area contributed by atoms with Crippen LogP contribution in [0.25, 0.3) is 0 Å². The van der Waals surface area contributed by atoms with Gasteiger partial charge in [-0.1, -0.05) is 38.7 Å². The van der Waals surface area contributed by atoms with E-state index in [1.54, 1.807) is 12.1 Å². The molecule has 1 aromatic rings. The van der Waals surface area contributed by atoms with Crippen molar-refractivity contribution in [2.75, 3.05) is 20.2 Å². The Bertz CT molecular complexity index is 1160. The number of ketones is 1. The first-order chi connectivity index (χ1) is 18.2. The van der Waals surface area contributed by atoms with Crippen molar-refractivity contribution in [1.29, 1.82) is 0 Å². The van der Waals surface area contributed by atoms with Crippen LogP contribution in [-0.2, 0) is 24.4 Å². The van der Waals surface area contributed by atoms with Gasteiger partial charge in [-0.25, -0.2) is 8.42 Å². The van der Waals surface area contributed by atoms with Gasteiger partial charge in [0.05, 0.1) is 12.6 Å². The van der Waals surface area contributed by atoms with Crippen molar-refractivity contribution in [2.45, 2.75) is 68.5 Å². The van der Waals surface area contributed by atoms with E-state index in [1.807, 2.05) is 0 Å². The predicted octanol–water partition coefficient (Wildman–Crippen LogP) is 1.33. The Morgan fingerprint density at radius 1 is 1.24 bits per heavy atom. The summed E-state index contributed by atoms with van der Waals surface area (Å²) in [5.41, 5.74) is 0.169. The highest BCUT2D eigenvalue weighted by atomic mass is 32.2. The fourth-order valence-electron chi connectivity index (χ4n) is 4.93. The molecule has 1 aliphatic carbocycles. The summed E-state index contributed by atoms with van der Waals surface area (Å²) in [7, 11) is -2.67. The molecule has 1 aliphatic heterocycles. The van der Waals surface area contributed by atoms with E-state index in [-0.39, 0.29) is 36.0 Å². The van der Waals surface area contributed by atoms with Crippen LogP contribution in [0.5, 0.6) is 0 Å². The number of thiol groups is 1. The Kier molecular flexibility index (Phi) is 10.9. The number of rotatable bonds is 10. The van der Waals surface area contributed by atoms with E-state index in [1.165, 1.54) is 30.9 Å². The Hall–Kier alpha value is -2.70. The molecule has 1 saturated carbocycles. The molecule has 1 unspecified atom stereocenters. The second-order valence-corrected chi connectivity index (χ2v) is 11.8. The van der Waals surface area contributed by atoms with E-state index in [0.717, 1.165) is 41.1 Å². The molecule has 2 heterocycles. The normalized spacial score (nSPS) is 20.5. The van der Waals surface area contributed by atoms with E-state index in [2.05, 4.69) is 29.8 Å². The first kappa shape index (κ1) is 29.9. The molecule has 2 aliphatic rings. The maximum Gasteiger partial charge on any atom is 0.362 e. The molecule has 2 amide bonds. The van der Waals surface area contributed by atoms with Gasteiger partial charge in [0, 0.05) is 29.0 Å². The number of amides is 2. The molecule has 208 valence electrons. The summed E-state index contributed by atoms with van der Waals surface area (Å²) in [6.07, 6.45) is 9.31. The fourth-order valence-corrected chi connectivity index (χ4v) is 6.65. The van der Waals surface area contributed by atoms with Gasteiger partial charge in [-0.05, 0) is 42.7 Å². The number of carbonyl (C=O) groups is 3. The van der Waals surface area contributed by atoms with Gasteiger partial charge in [-0.15, -0.1) is 0 Å². The minimum atomic E-state index is -4.02. The topological polar surface area (TPSA) is 126 Å². The summed E-state index contributed by atoms with van der Waals surface area (Å²) in [5.74, 6) is -1.06. The molecule has 10 nitrogen and oxygen atoms in total. The minimum absolute atomic E-state index is 0.0939. The van der Waals surface area contributed by atoms with Crippen molar-refractivity contribution < 1.29 is 32.4 Å². The largest absolute Gasteiger partial charge is 0.362 e. The Labute approximate surface area is 229 Å². The molecule has 2 atom stereocenters. The highest BCUT2D eigenvalue weighted by molar-refractivity contribution is 7.89. The maximum atomic E-state index is 13.3. The van der Waals surface area contributed by atoms with Crippen molar-refractivity contribution in [1.82, 2.24) is 14.9 Å². The molecule has 2 fully saturated rings. The molecule has 1 saturated heterocycles. The average Bonchev–Trinajstić information content (AvgIpc) is 3.10. The number of Topliss-reactive ketones (excluding diaryl/α,β-unsaturated/α-hetero) is 1. The number of hydrogen-bond donors (Lipinski definition) is 3. The van der Waals surface area contributed by atoms with Crippen LogP contribution in [0, 0.1) is 5.92 Å². The molecular weight excluding hydrogens is 528 g/mol. The number of pyridine rings is 1. The zero-order valence-electron chi connectivity index (χ0n) is 21.7. The predicted molar refractivity (Wildman–Crippen MR) is 144 cm³/mol. The second-order valence-electron chi connectivity index (χ2n) is 9.66. The van der Waals surface area contributed by atoms with E-state index in [4.69, 9.17) is 4.84 Å². The van der Waals surface area contributed by atoms with Crippen LogP contribution in [0.4, 0.5) is 0 Å². The first-order valence-corrected chi connectivity index (χ1v) is 14.8. The van der Waals surface area contributed by atoms with Gasteiger partial charge in [-0.3, -0.25) is 19.2 Å². The summed E-state index contributed by atoms with van der Waals surface area (Å²) in [4.78, 5) is 44.2. The summed E-state index contributed by atoms with van der Waals surface area (Å²) in [5, 5.41) is 6.86. The first-order valence-electron chi connectivity index (χ1n) is 12.9. The highest BCUT2D eigenvalue weighted by Crippen LogP contribution is 2.27. The monoisotopic (exact) mass is 565 g/mol. The number of nitrogens with zero attached hydrogens (tertiary/aromatic N) is 2. The summed E-state index contributed by atoms with van der Waals surface area (Å²) < 4.78 is 28.8. The third-order valence-electron chi connectivity index (χ3n) is 7.01. The smallest absolute Gasteiger partial charge is 0.344 e. The molecule has 0 spiro atoms. The van der Waals surface area contributed by atoms with Gasteiger partial charge in [0.2, 0.25) is 12.1 Å². The van der Waals surface area contributed by atoms with Gasteiger partial charge in [0.25, 0.3) is 5.91 Å². The van der Waals surface area contributed by atoms with Crippen LogP contribution in [0.2, 0.25) is 0 Å². The Morgan fingerprint density at radius 2 is 1.97 bits per heavy atom. The lowest BCUT2D eigenvalue weighted by molar-refractivity contribution is -0.914. The van der Waals surface area contributed by atoms with Crippen molar-refractivity contribution in [3.8, 4) is 0 Å². The Balaban J connectivity index is 1.72. The Morgan fingerprint density at radius 3 is 2.66 bits per heavy atom. The van der Waals surface area contributed by atoms with E-state index in [0.29, 0.717) is 12.8 Å². The van der Waals surface area contributed by atoms with Gasteiger partial charge < -0.3 is 10.6 Å². The number of aromatic nitrogens is 1. The van der Waals surface area contributed by atoms with Crippen molar-refractivity contribution >= 4 is 40.2 Å². The van der Waals surface area contributed by atoms with Crippen LogP contribution in [0.1, 0.15) is 51.4 Å². The third-order valence-corrected chi connectivity index (χ3v) is 9.00. The van der Waals surface area contributed by atoms with Crippen LogP contribution in [0.15, 0.2) is 53.1 Å². The molecular formula is C26H37N4O6S2+. The number of sulfonamides is 1. The van der Waals surface area contributed by atoms with Crippen LogP contribution < -0.4 is 20.2 Å². The van der Waals surface area contributed by atoms with Crippen LogP contribution in [0.3, 0.4) is 0 Å². The number of nitrogens with one attached hydrogen (secondary N) is 2. The molecule has 0 radical (unpaired) electrons. The number of carbonyl (C=O) groups excluding carboxylic acids is 3. The van der Waals surface area contributed by atoms with E-state index >= 15 is 0 Å². The molecule has 12 heteroatoms. The van der Waals surface area contributed by atoms with Gasteiger partial charge in [0.1, 0.15) is 13.2 Å². The molecule has 38 heavy (non-hydrogen) atoms. The molecule has 2 N–H and O–H groups in total. The zero-order valence-corrected chi connectivity index (χ0v) is 23.4. The molecule has 0 bridgehead atoms. The number of hydrogen-bond acceptors (Lipinski definition) is 7. The molecule has 0 aromatic carbocycles. The third kappa shape index (κ3) is 7.67. The van der Waals surface area contributed by atoms with Crippen LogP contribution >= 0.6 is 12.6 Å². The maximum absolute atomic E-state index is 13.3. The second kappa shape index (κ2) is 13.9. The van der Waals surface area contributed by atoms with E-state index in [9.17, 15) is 22.8 Å². The van der Waals surface area contributed by atoms with E-state index < -0.39 is 39.7 Å². The molecule has 1 aromatic heterocycles. The average molecular weight is 566 g/mol. The lowest BCUT2D eigenvalue weighted by atomic mass is 9.84. The summed E-state index contributed by atoms with van der Waals surface area (Å²) in [6.45, 7) is 3.45. The van der Waals surface area contributed by atoms with Crippen LogP contribution in [-0.4, -0.2) is 62.6 Å². The summed E-state index contributed by atoms with van der Waals surface area (Å²) >= 11 is 3.97. The summed E-state index contributed by atoms with van der Waals surface area (Å²) in [6, 6.07) is 2.92. The van der Waals surface area contributed by atoms with Crippen molar-refractivity contribution in [3.05, 3.63) is 48.0 Å². The standard InChI is InChI=1S/C26H36N4O6S2/c1-19(13-16-37)25(32)28-22(17-20-9-4-3-5-10-20)26(33)27-21-11-8-14-29(18-23(21)31)38(34,35)24-12-6-7-15-30(24)36-2/h6-7,12-13,15-16,20-22H,1,3-5,8-11,14,17-18H2,2H3,(H2-,27,28,32,33,37)/p+1/b16-13-/t21?,22-/m0/s1.